The maximum Gasteiger partial charge on any atom is 0.263 e. The minimum absolute atomic E-state index is 0.0927. The van der Waals surface area contributed by atoms with Gasteiger partial charge in [0.1, 0.15) is 11.6 Å². The topological polar surface area (TPSA) is 59.1 Å². The second kappa shape index (κ2) is 7.05. The van der Waals surface area contributed by atoms with Crippen LogP contribution in [0, 0.1) is 19.7 Å². The fourth-order valence-corrected chi connectivity index (χ4v) is 4.13. The molecule has 2 aromatic carbocycles. The number of halogens is 2. The fourth-order valence-electron chi connectivity index (χ4n) is 2.63. The molecule has 0 bridgehead atoms. The zero-order chi connectivity index (χ0) is 18.9. The molecule has 0 aliphatic rings. The van der Waals surface area contributed by atoms with E-state index < -0.39 is 10.0 Å². The lowest BCUT2D eigenvalue weighted by Crippen LogP contribution is -2.15. The molecule has 1 heterocycles. The van der Waals surface area contributed by atoms with Crippen molar-refractivity contribution in [3.8, 4) is 11.3 Å². The number of nitrogens with one attached hydrogen (secondary N) is 1. The van der Waals surface area contributed by atoms with Crippen LogP contribution in [0.15, 0.2) is 59.5 Å². The molecule has 7 heteroatoms. The lowest BCUT2D eigenvalue weighted by Gasteiger charge is -2.12. The molecule has 1 N–H and O–H groups in total. The molecule has 0 radical (unpaired) electrons. The molecular weight excluding hydrogens is 375 g/mol. The number of anilines is 1. The minimum atomic E-state index is -3.84. The average Bonchev–Trinajstić information content (AvgIpc) is 2.57. The van der Waals surface area contributed by atoms with Crippen molar-refractivity contribution in [1.29, 1.82) is 0 Å². The van der Waals surface area contributed by atoms with Crippen molar-refractivity contribution in [1.82, 2.24) is 4.98 Å². The summed E-state index contributed by atoms with van der Waals surface area (Å²) in [5.41, 5.74) is 2.45. The molecule has 0 unspecified atom stereocenters. The van der Waals surface area contributed by atoms with E-state index in [4.69, 9.17) is 11.6 Å². The summed E-state index contributed by atoms with van der Waals surface area (Å²) in [6.45, 7) is 3.41. The van der Waals surface area contributed by atoms with Crippen molar-refractivity contribution in [3.63, 3.8) is 0 Å². The van der Waals surface area contributed by atoms with Gasteiger partial charge >= 0.3 is 0 Å². The van der Waals surface area contributed by atoms with Crippen molar-refractivity contribution in [2.75, 3.05) is 4.72 Å². The van der Waals surface area contributed by atoms with Gasteiger partial charge in [-0.3, -0.25) is 4.72 Å². The SMILES string of the molecule is Cc1cc(F)ccc1-c1cccc(NS(=O)(=O)c2cccc(Cl)c2C)n1. The molecule has 3 rings (SSSR count). The maximum absolute atomic E-state index is 13.3. The molecule has 0 fully saturated rings. The Morgan fingerprint density at radius 2 is 1.77 bits per heavy atom. The van der Waals surface area contributed by atoms with Crippen LogP contribution in [0.5, 0.6) is 0 Å². The summed E-state index contributed by atoms with van der Waals surface area (Å²) >= 11 is 6.02. The highest BCUT2D eigenvalue weighted by Gasteiger charge is 2.19. The lowest BCUT2D eigenvalue weighted by molar-refractivity contribution is 0.600. The summed E-state index contributed by atoms with van der Waals surface area (Å²) in [5, 5.41) is 0.372. The van der Waals surface area contributed by atoms with Gasteiger partial charge in [-0.1, -0.05) is 23.7 Å². The number of hydrogen-bond acceptors (Lipinski definition) is 3. The number of aromatic nitrogens is 1. The van der Waals surface area contributed by atoms with Crippen LogP contribution in [0.4, 0.5) is 10.2 Å². The Kier molecular flexibility index (Phi) is 4.98. The van der Waals surface area contributed by atoms with Gasteiger partial charge in [0.15, 0.2) is 0 Å². The molecular formula is C19H16ClFN2O2S. The third-order valence-corrected chi connectivity index (χ3v) is 5.87. The van der Waals surface area contributed by atoms with E-state index in [1.54, 1.807) is 50.2 Å². The van der Waals surface area contributed by atoms with Crippen LogP contribution in [-0.2, 0) is 10.0 Å². The van der Waals surface area contributed by atoms with E-state index in [0.717, 1.165) is 5.56 Å². The first-order valence-corrected chi connectivity index (χ1v) is 9.65. The van der Waals surface area contributed by atoms with E-state index in [9.17, 15) is 12.8 Å². The fraction of sp³-hybridized carbons (Fsp3) is 0.105. The highest BCUT2D eigenvalue weighted by molar-refractivity contribution is 7.92. The molecule has 0 aliphatic heterocycles. The molecule has 1 aromatic heterocycles. The zero-order valence-corrected chi connectivity index (χ0v) is 15.7. The summed E-state index contributed by atoms with van der Waals surface area (Å²) in [6, 6.07) is 14.0. The van der Waals surface area contributed by atoms with E-state index in [-0.39, 0.29) is 16.5 Å². The number of pyridine rings is 1. The summed E-state index contributed by atoms with van der Waals surface area (Å²) in [6.07, 6.45) is 0. The van der Waals surface area contributed by atoms with Crippen LogP contribution in [-0.4, -0.2) is 13.4 Å². The summed E-state index contributed by atoms with van der Waals surface area (Å²) in [7, 11) is -3.84. The monoisotopic (exact) mass is 390 g/mol. The first-order valence-electron chi connectivity index (χ1n) is 7.79. The molecule has 0 spiro atoms. The smallest absolute Gasteiger partial charge is 0.263 e. The van der Waals surface area contributed by atoms with Crippen LogP contribution >= 0.6 is 11.6 Å². The summed E-state index contributed by atoms with van der Waals surface area (Å²) in [4.78, 5) is 4.44. The number of rotatable bonds is 4. The van der Waals surface area contributed by atoms with Gasteiger partial charge in [-0.25, -0.2) is 17.8 Å². The lowest BCUT2D eigenvalue weighted by atomic mass is 10.1. The second-order valence-corrected chi connectivity index (χ2v) is 7.89. The van der Waals surface area contributed by atoms with Crippen molar-refractivity contribution in [2.24, 2.45) is 0 Å². The van der Waals surface area contributed by atoms with Gasteiger partial charge in [0.05, 0.1) is 10.6 Å². The number of aryl methyl sites for hydroxylation is 1. The minimum Gasteiger partial charge on any atom is -0.263 e. The molecule has 0 atom stereocenters. The largest absolute Gasteiger partial charge is 0.263 e. The third kappa shape index (κ3) is 3.71. The van der Waals surface area contributed by atoms with Gasteiger partial charge in [0, 0.05) is 10.6 Å². The van der Waals surface area contributed by atoms with Crippen molar-refractivity contribution in [3.05, 3.63) is 76.6 Å². The number of benzene rings is 2. The molecule has 3 aromatic rings. The van der Waals surface area contributed by atoms with Crippen molar-refractivity contribution >= 4 is 27.4 Å². The Labute approximate surface area is 156 Å². The molecule has 26 heavy (non-hydrogen) atoms. The van der Waals surface area contributed by atoms with Gasteiger partial charge in [0.2, 0.25) is 0 Å². The van der Waals surface area contributed by atoms with Crippen LogP contribution in [0.1, 0.15) is 11.1 Å². The van der Waals surface area contributed by atoms with E-state index in [1.165, 1.54) is 18.2 Å². The number of sulfonamides is 1. The molecule has 4 nitrogen and oxygen atoms in total. The Hall–Kier alpha value is -2.44. The Bertz CT molecular complexity index is 1080. The van der Waals surface area contributed by atoms with Gasteiger partial charge in [-0.15, -0.1) is 0 Å². The Morgan fingerprint density at radius 1 is 1.04 bits per heavy atom. The number of hydrogen-bond donors (Lipinski definition) is 1. The van der Waals surface area contributed by atoms with Gasteiger partial charge < -0.3 is 0 Å². The molecule has 134 valence electrons. The molecule has 0 amide bonds. The van der Waals surface area contributed by atoms with Gasteiger partial charge in [0.25, 0.3) is 10.0 Å². The van der Waals surface area contributed by atoms with Crippen LogP contribution in [0.3, 0.4) is 0 Å². The predicted molar refractivity (Wildman–Crippen MR) is 101 cm³/mol. The zero-order valence-electron chi connectivity index (χ0n) is 14.1. The quantitative estimate of drug-likeness (QED) is 0.685. The maximum atomic E-state index is 13.3. The Morgan fingerprint density at radius 3 is 2.50 bits per heavy atom. The summed E-state index contributed by atoms with van der Waals surface area (Å²) in [5.74, 6) is -0.162. The normalized spacial score (nSPS) is 11.4. The van der Waals surface area contributed by atoms with Crippen molar-refractivity contribution < 1.29 is 12.8 Å². The average molecular weight is 391 g/mol. The van der Waals surface area contributed by atoms with Crippen molar-refractivity contribution in [2.45, 2.75) is 18.7 Å². The van der Waals surface area contributed by atoms with Crippen LogP contribution in [0.25, 0.3) is 11.3 Å². The molecule has 0 aliphatic carbocycles. The second-order valence-electron chi connectivity index (χ2n) is 5.84. The van der Waals surface area contributed by atoms with Crippen LogP contribution < -0.4 is 4.72 Å². The van der Waals surface area contributed by atoms with Gasteiger partial charge in [-0.05, 0) is 67.4 Å². The predicted octanol–water partition coefficient (Wildman–Crippen LogP) is 4.96. The van der Waals surface area contributed by atoms with E-state index in [2.05, 4.69) is 9.71 Å². The summed E-state index contributed by atoms with van der Waals surface area (Å²) < 4.78 is 41.1. The number of nitrogens with zero attached hydrogens (tertiary/aromatic N) is 1. The van der Waals surface area contributed by atoms with Crippen LogP contribution in [0.2, 0.25) is 5.02 Å². The first-order chi connectivity index (χ1) is 12.3. The van der Waals surface area contributed by atoms with E-state index in [0.29, 0.717) is 21.8 Å². The van der Waals surface area contributed by atoms with E-state index in [1.807, 2.05) is 0 Å². The Balaban J connectivity index is 1.97. The van der Waals surface area contributed by atoms with E-state index >= 15 is 0 Å². The third-order valence-electron chi connectivity index (χ3n) is 3.96. The highest BCUT2D eigenvalue weighted by atomic mass is 35.5. The molecule has 0 saturated heterocycles. The van der Waals surface area contributed by atoms with Gasteiger partial charge in [-0.2, -0.15) is 0 Å². The highest BCUT2D eigenvalue weighted by Crippen LogP contribution is 2.26. The standard InChI is InChI=1S/C19H16ClFN2O2S/c1-12-11-14(21)9-10-15(12)17-6-4-8-19(22-17)23-26(24,25)18-7-3-5-16(20)13(18)2/h3-11H,1-2H3,(H,22,23). The molecule has 0 saturated carbocycles. The first kappa shape index (κ1) is 18.4.